The van der Waals surface area contributed by atoms with E-state index in [1.54, 1.807) is 4.68 Å². The van der Waals surface area contributed by atoms with E-state index in [2.05, 4.69) is 15.3 Å². The number of ether oxygens (including phenoxy) is 1. The predicted molar refractivity (Wildman–Crippen MR) is 87.3 cm³/mol. The lowest BCUT2D eigenvalue weighted by molar-refractivity contribution is -0.135. The van der Waals surface area contributed by atoms with Crippen LogP contribution in [0.5, 0.6) is 0 Å². The number of aryl methyl sites for hydroxylation is 2. The summed E-state index contributed by atoms with van der Waals surface area (Å²) >= 11 is 0. The molecule has 23 heavy (non-hydrogen) atoms. The summed E-state index contributed by atoms with van der Waals surface area (Å²) in [6.07, 6.45) is 6.05. The Morgan fingerprint density at radius 2 is 2.13 bits per heavy atom. The first-order valence-corrected chi connectivity index (χ1v) is 8.75. The molecule has 0 aromatic carbocycles. The number of likely N-dealkylation sites (tertiary alicyclic amines) is 1. The second-order valence-electron chi connectivity index (χ2n) is 7.46. The zero-order valence-electron chi connectivity index (χ0n) is 14.0. The Kier molecular flexibility index (Phi) is 3.59. The van der Waals surface area contributed by atoms with Crippen LogP contribution in [0.25, 0.3) is 0 Å². The third-order valence-electron chi connectivity index (χ3n) is 6.01. The van der Waals surface area contributed by atoms with Crippen molar-refractivity contribution in [2.45, 2.75) is 45.1 Å². The highest BCUT2D eigenvalue weighted by Crippen LogP contribution is 2.56. The Bertz CT molecular complexity index is 602. The molecule has 3 aliphatic rings. The number of hydrogen-bond donors (Lipinski definition) is 1. The minimum absolute atomic E-state index is 0.0296. The van der Waals surface area contributed by atoms with E-state index < -0.39 is 0 Å². The van der Waals surface area contributed by atoms with Crippen molar-refractivity contribution in [3.8, 4) is 0 Å². The molecule has 2 aliphatic heterocycles. The largest absolute Gasteiger partial charge is 0.381 e. The molecule has 1 atom stereocenters. The van der Waals surface area contributed by atoms with Gasteiger partial charge in [0.05, 0.1) is 5.69 Å². The van der Waals surface area contributed by atoms with Crippen LogP contribution < -0.4 is 5.32 Å². The average molecular weight is 318 g/mol. The van der Waals surface area contributed by atoms with Gasteiger partial charge in [-0.05, 0) is 38.5 Å². The van der Waals surface area contributed by atoms with Gasteiger partial charge >= 0.3 is 6.03 Å². The molecular formula is C17H26N4O2. The highest BCUT2D eigenvalue weighted by Gasteiger charge is 2.59. The molecule has 6 heteroatoms. The fourth-order valence-corrected chi connectivity index (χ4v) is 4.73. The van der Waals surface area contributed by atoms with Crippen LogP contribution in [0.2, 0.25) is 0 Å². The maximum absolute atomic E-state index is 12.8. The fourth-order valence-electron chi connectivity index (χ4n) is 4.73. The van der Waals surface area contributed by atoms with Gasteiger partial charge in [-0.25, -0.2) is 4.79 Å². The Balaban J connectivity index is 1.48. The predicted octanol–water partition coefficient (Wildman–Crippen LogP) is 2.54. The number of carbonyl (C=O) groups excluding carboxylic acids is 1. The highest BCUT2D eigenvalue weighted by atomic mass is 16.5. The van der Waals surface area contributed by atoms with Gasteiger partial charge in [-0.2, -0.15) is 5.10 Å². The van der Waals surface area contributed by atoms with Crippen molar-refractivity contribution in [2.75, 3.05) is 25.1 Å². The van der Waals surface area contributed by atoms with Crippen LogP contribution in [0.4, 0.5) is 10.6 Å². The molecule has 1 N–H and O–H groups in total. The first-order valence-electron chi connectivity index (χ1n) is 8.75. The van der Waals surface area contributed by atoms with Crippen molar-refractivity contribution >= 4 is 11.8 Å². The summed E-state index contributed by atoms with van der Waals surface area (Å²) in [6.45, 7) is 4.53. The Morgan fingerprint density at radius 3 is 2.70 bits per heavy atom. The Hall–Kier alpha value is -1.56. The van der Waals surface area contributed by atoms with E-state index in [-0.39, 0.29) is 6.03 Å². The van der Waals surface area contributed by atoms with Crippen molar-refractivity contribution in [1.82, 2.24) is 14.7 Å². The van der Waals surface area contributed by atoms with Gasteiger partial charge < -0.3 is 9.64 Å². The first kappa shape index (κ1) is 15.0. The first-order chi connectivity index (χ1) is 11.1. The van der Waals surface area contributed by atoms with Crippen LogP contribution in [-0.4, -0.2) is 46.5 Å². The zero-order valence-corrected chi connectivity index (χ0v) is 14.0. The Labute approximate surface area is 137 Å². The van der Waals surface area contributed by atoms with E-state index in [9.17, 15) is 4.79 Å². The van der Waals surface area contributed by atoms with Crippen molar-refractivity contribution in [1.29, 1.82) is 0 Å². The monoisotopic (exact) mass is 318 g/mol. The van der Waals surface area contributed by atoms with E-state index in [0.717, 1.165) is 44.1 Å². The van der Waals surface area contributed by atoms with Crippen LogP contribution in [0, 0.1) is 18.3 Å². The SMILES string of the molecule is Cc1cc(NC(=O)N2CC3(CCC3)C2C2CCOCC2)n(C)n1. The van der Waals surface area contributed by atoms with Crippen LogP contribution in [0.15, 0.2) is 6.07 Å². The van der Waals surface area contributed by atoms with Crippen LogP contribution in [0.3, 0.4) is 0 Å². The molecule has 6 nitrogen and oxygen atoms in total. The summed E-state index contributed by atoms with van der Waals surface area (Å²) in [5, 5.41) is 7.34. The molecule has 1 aromatic rings. The molecule has 1 aromatic heterocycles. The highest BCUT2D eigenvalue weighted by molar-refractivity contribution is 5.89. The van der Waals surface area contributed by atoms with Gasteiger partial charge in [0.15, 0.2) is 0 Å². The molecule has 1 saturated carbocycles. The van der Waals surface area contributed by atoms with Gasteiger partial charge in [0.1, 0.15) is 5.82 Å². The van der Waals surface area contributed by atoms with Crippen LogP contribution in [-0.2, 0) is 11.8 Å². The summed E-state index contributed by atoms with van der Waals surface area (Å²) < 4.78 is 7.25. The normalized spacial score (nSPS) is 26.7. The lowest BCUT2D eigenvalue weighted by atomic mass is 9.54. The minimum Gasteiger partial charge on any atom is -0.381 e. The van der Waals surface area contributed by atoms with Crippen molar-refractivity contribution < 1.29 is 9.53 Å². The van der Waals surface area contributed by atoms with E-state index in [4.69, 9.17) is 4.74 Å². The summed E-state index contributed by atoms with van der Waals surface area (Å²) in [4.78, 5) is 14.8. The van der Waals surface area contributed by atoms with Crippen molar-refractivity contribution in [3.63, 3.8) is 0 Å². The molecule has 126 valence electrons. The van der Waals surface area contributed by atoms with Crippen LogP contribution >= 0.6 is 0 Å². The third kappa shape index (κ3) is 2.43. The molecule has 1 aliphatic carbocycles. The van der Waals surface area contributed by atoms with E-state index in [0.29, 0.717) is 17.4 Å². The van der Waals surface area contributed by atoms with Gasteiger partial charge in [-0.15, -0.1) is 0 Å². The number of urea groups is 1. The summed E-state index contributed by atoms with van der Waals surface area (Å²) in [5.74, 6) is 1.37. The second kappa shape index (κ2) is 5.51. The molecule has 0 bridgehead atoms. The lowest BCUT2D eigenvalue weighted by Crippen LogP contribution is -2.72. The third-order valence-corrected chi connectivity index (χ3v) is 6.01. The van der Waals surface area contributed by atoms with Gasteiger partial charge in [-0.3, -0.25) is 10.00 Å². The summed E-state index contributed by atoms with van der Waals surface area (Å²) in [7, 11) is 1.86. The lowest BCUT2D eigenvalue weighted by Gasteiger charge is -2.64. The number of carbonyl (C=O) groups is 1. The van der Waals surface area contributed by atoms with Gasteiger partial charge in [0.25, 0.3) is 0 Å². The van der Waals surface area contributed by atoms with E-state index in [1.807, 2.05) is 20.0 Å². The average Bonchev–Trinajstić information content (AvgIpc) is 2.75. The summed E-state index contributed by atoms with van der Waals surface area (Å²) in [5.41, 5.74) is 1.32. The molecule has 0 radical (unpaired) electrons. The fraction of sp³-hybridized carbons (Fsp3) is 0.765. The molecule has 1 spiro atoms. The number of amides is 2. The standard InChI is InChI=1S/C17H26N4O2/c1-12-10-14(20(2)19-12)18-16(22)21-11-17(6-3-7-17)15(21)13-4-8-23-9-5-13/h10,13,15H,3-9,11H2,1-2H3,(H,18,22). The molecular weight excluding hydrogens is 292 g/mol. The van der Waals surface area contributed by atoms with E-state index >= 15 is 0 Å². The second-order valence-corrected chi connectivity index (χ2v) is 7.46. The number of aromatic nitrogens is 2. The number of nitrogens with one attached hydrogen (secondary N) is 1. The molecule has 2 saturated heterocycles. The van der Waals surface area contributed by atoms with E-state index in [1.165, 1.54) is 19.3 Å². The number of anilines is 1. The van der Waals surface area contributed by atoms with Crippen molar-refractivity contribution in [3.05, 3.63) is 11.8 Å². The molecule has 3 heterocycles. The summed E-state index contributed by atoms with van der Waals surface area (Å²) in [6, 6.07) is 2.34. The van der Waals surface area contributed by atoms with Crippen molar-refractivity contribution in [2.24, 2.45) is 18.4 Å². The van der Waals surface area contributed by atoms with Gasteiger partial charge in [0.2, 0.25) is 0 Å². The minimum atomic E-state index is 0.0296. The van der Waals surface area contributed by atoms with Crippen LogP contribution in [0.1, 0.15) is 37.8 Å². The molecule has 4 rings (SSSR count). The number of rotatable bonds is 2. The smallest absolute Gasteiger partial charge is 0.323 e. The quantitative estimate of drug-likeness (QED) is 0.911. The topological polar surface area (TPSA) is 59.4 Å². The number of nitrogens with zero attached hydrogens (tertiary/aromatic N) is 3. The maximum Gasteiger partial charge on any atom is 0.323 e. The molecule has 2 amide bonds. The molecule has 1 unspecified atom stereocenters. The van der Waals surface area contributed by atoms with Gasteiger partial charge in [0, 0.05) is 44.3 Å². The molecule has 3 fully saturated rings. The Morgan fingerprint density at radius 1 is 1.39 bits per heavy atom. The maximum atomic E-state index is 12.8. The number of hydrogen-bond acceptors (Lipinski definition) is 3. The van der Waals surface area contributed by atoms with Gasteiger partial charge in [-0.1, -0.05) is 6.42 Å². The zero-order chi connectivity index (χ0) is 16.0.